The Morgan fingerprint density at radius 2 is 1.97 bits per heavy atom. The lowest BCUT2D eigenvalue weighted by atomic mass is 9.86. The molecule has 0 saturated heterocycles. The van der Waals surface area contributed by atoms with E-state index in [2.05, 4.69) is 16.0 Å². The van der Waals surface area contributed by atoms with E-state index >= 15 is 0 Å². The summed E-state index contributed by atoms with van der Waals surface area (Å²) in [6, 6.07) is 9.21. The molecular formula is C22H20FN3O4. The number of aryl methyl sites for hydroxylation is 1. The van der Waals surface area contributed by atoms with Gasteiger partial charge >= 0.3 is 0 Å². The molecule has 1 unspecified atom stereocenters. The molecule has 2 heterocycles. The van der Waals surface area contributed by atoms with Gasteiger partial charge in [0.1, 0.15) is 11.6 Å². The number of benzene rings is 2. The first kappa shape index (κ1) is 19.6. The number of hydrogen-bond acceptors (Lipinski definition) is 4. The van der Waals surface area contributed by atoms with Crippen LogP contribution in [0.4, 0.5) is 15.8 Å². The van der Waals surface area contributed by atoms with Crippen molar-refractivity contribution in [1.82, 2.24) is 5.32 Å². The maximum absolute atomic E-state index is 13.3. The zero-order valence-corrected chi connectivity index (χ0v) is 16.3. The van der Waals surface area contributed by atoms with E-state index in [1.165, 1.54) is 18.3 Å². The SMILES string of the molecule is CCc1cc2c(cc1NC(=O)C1=CNC(=O)CC1c1ccc(F)cc1)NC(=O)CO2. The van der Waals surface area contributed by atoms with Crippen molar-refractivity contribution in [3.63, 3.8) is 0 Å². The van der Waals surface area contributed by atoms with E-state index in [0.29, 0.717) is 34.7 Å². The lowest BCUT2D eigenvalue weighted by molar-refractivity contribution is -0.121. The summed E-state index contributed by atoms with van der Waals surface area (Å²) in [6.45, 7) is 1.90. The first-order valence-corrected chi connectivity index (χ1v) is 9.60. The first-order chi connectivity index (χ1) is 14.4. The number of nitrogens with one attached hydrogen (secondary N) is 3. The Balaban J connectivity index is 1.63. The summed E-state index contributed by atoms with van der Waals surface area (Å²) in [7, 11) is 0. The fourth-order valence-electron chi connectivity index (χ4n) is 3.60. The zero-order valence-electron chi connectivity index (χ0n) is 16.3. The number of hydrogen-bond donors (Lipinski definition) is 3. The van der Waals surface area contributed by atoms with Crippen LogP contribution in [0.15, 0.2) is 48.2 Å². The minimum absolute atomic E-state index is 0.0478. The minimum Gasteiger partial charge on any atom is -0.482 e. The molecule has 7 nitrogen and oxygen atoms in total. The molecule has 2 aromatic carbocycles. The Labute approximate surface area is 172 Å². The molecule has 0 aromatic heterocycles. The van der Waals surface area contributed by atoms with Crippen molar-refractivity contribution < 1.29 is 23.5 Å². The van der Waals surface area contributed by atoms with Crippen molar-refractivity contribution in [2.45, 2.75) is 25.7 Å². The second-order valence-electron chi connectivity index (χ2n) is 7.13. The lowest BCUT2D eigenvalue weighted by Gasteiger charge is -2.25. The number of ether oxygens (including phenoxy) is 1. The number of amides is 3. The van der Waals surface area contributed by atoms with Crippen LogP contribution in [0.5, 0.6) is 5.75 Å². The molecule has 0 saturated carbocycles. The molecule has 154 valence electrons. The number of fused-ring (bicyclic) bond motifs is 1. The van der Waals surface area contributed by atoms with Crippen LogP contribution in [0, 0.1) is 5.82 Å². The van der Waals surface area contributed by atoms with E-state index in [9.17, 15) is 18.8 Å². The molecule has 0 bridgehead atoms. The van der Waals surface area contributed by atoms with E-state index in [-0.39, 0.29) is 36.6 Å². The van der Waals surface area contributed by atoms with Gasteiger partial charge in [0.05, 0.1) is 5.69 Å². The Kier molecular flexibility index (Phi) is 5.22. The van der Waals surface area contributed by atoms with Crippen LogP contribution in [0.3, 0.4) is 0 Å². The molecule has 3 amide bonds. The fourth-order valence-corrected chi connectivity index (χ4v) is 3.60. The van der Waals surface area contributed by atoms with Gasteiger partial charge in [-0.25, -0.2) is 4.39 Å². The molecule has 0 spiro atoms. The monoisotopic (exact) mass is 409 g/mol. The molecule has 0 aliphatic carbocycles. The number of rotatable bonds is 4. The van der Waals surface area contributed by atoms with Gasteiger partial charge in [-0.3, -0.25) is 14.4 Å². The normalized spacial score (nSPS) is 17.8. The largest absolute Gasteiger partial charge is 0.482 e. The van der Waals surface area contributed by atoms with Crippen LogP contribution < -0.4 is 20.7 Å². The van der Waals surface area contributed by atoms with Crippen molar-refractivity contribution in [2.75, 3.05) is 17.2 Å². The fraction of sp³-hybridized carbons (Fsp3) is 0.227. The highest BCUT2D eigenvalue weighted by molar-refractivity contribution is 6.07. The Morgan fingerprint density at radius 3 is 2.70 bits per heavy atom. The van der Waals surface area contributed by atoms with Crippen molar-refractivity contribution in [3.05, 3.63) is 65.1 Å². The number of carbonyl (C=O) groups excluding carboxylic acids is 3. The topological polar surface area (TPSA) is 96.5 Å². The van der Waals surface area contributed by atoms with Crippen molar-refractivity contribution >= 4 is 29.1 Å². The second-order valence-corrected chi connectivity index (χ2v) is 7.13. The van der Waals surface area contributed by atoms with Crippen LogP contribution in [-0.4, -0.2) is 24.3 Å². The lowest BCUT2D eigenvalue weighted by Crippen LogP contribution is -2.32. The van der Waals surface area contributed by atoms with E-state index in [4.69, 9.17) is 4.74 Å². The summed E-state index contributed by atoms with van der Waals surface area (Å²) in [5.74, 6) is -1.20. The summed E-state index contributed by atoms with van der Waals surface area (Å²) < 4.78 is 18.7. The number of halogens is 1. The molecule has 1 atom stereocenters. The maximum atomic E-state index is 13.3. The van der Waals surface area contributed by atoms with Crippen molar-refractivity contribution in [3.8, 4) is 5.75 Å². The van der Waals surface area contributed by atoms with E-state index in [1.54, 1.807) is 24.3 Å². The molecule has 2 aromatic rings. The molecule has 0 radical (unpaired) electrons. The van der Waals surface area contributed by atoms with Crippen LogP contribution in [0.2, 0.25) is 0 Å². The molecule has 8 heteroatoms. The highest BCUT2D eigenvalue weighted by atomic mass is 19.1. The Bertz CT molecular complexity index is 1060. The van der Waals surface area contributed by atoms with Crippen LogP contribution >= 0.6 is 0 Å². The molecule has 30 heavy (non-hydrogen) atoms. The highest BCUT2D eigenvalue weighted by Gasteiger charge is 2.29. The molecule has 2 aliphatic rings. The third kappa shape index (κ3) is 3.89. The van der Waals surface area contributed by atoms with Gasteiger partial charge in [-0.2, -0.15) is 0 Å². The van der Waals surface area contributed by atoms with Gasteiger partial charge in [0.15, 0.2) is 6.61 Å². The minimum atomic E-state index is -0.495. The number of anilines is 2. The standard InChI is InChI=1S/C22H20FN3O4/c1-2-12-7-19-18(25-21(28)11-30-19)9-17(12)26-22(29)16-10-24-20(27)8-15(16)13-3-5-14(23)6-4-13/h3-7,9-10,15H,2,8,11H2,1H3,(H,24,27)(H,25,28)(H,26,29). The van der Waals surface area contributed by atoms with Crippen molar-refractivity contribution in [2.24, 2.45) is 0 Å². The van der Waals surface area contributed by atoms with Gasteiger partial charge in [0, 0.05) is 29.8 Å². The quantitative estimate of drug-likeness (QED) is 0.724. The van der Waals surface area contributed by atoms with Gasteiger partial charge in [0.2, 0.25) is 5.91 Å². The van der Waals surface area contributed by atoms with Crippen LogP contribution in [-0.2, 0) is 20.8 Å². The highest BCUT2D eigenvalue weighted by Crippen LogP contribution is 2.36. The Morgan fingerprint density at radius 1 is 1.20 bits per heavy atom. The molecule has 0 fully saturated rings. The predicted molar refractivity (Wildman–Crippen MR) is 109 cm³/mol. The second kappa shape index (κ2) is 7.98. The summed E-state index contributed by atoms with van der Waals surface area (Å²) in [5.41, 5.74) is 2.91. The first-order valence-electron chi connectivity index (χ1n) is 9.60. The number of carbonyl (C=O) groups is 3. The third-order valence-corrected chi connectivity index (χ3v) is 5.16. The smallest absolute Gasteiger partial charge is 0.262 e. The molecule has 3 N–H and O–H groups in total. The van der Waals surface area contributed by atoms with Gasteiger partial charge in [-0.1, -0.05) is 19.1 Å². The Hall–Kier alpha value is -3.68. The average molecular weight is 409 g/mol. The van der Waals surface area contributed by atoms with Gasteiger partial charge in [0.25, 0.3) is 11.8 Å². The van der Waals surface area contributed by atoms with E-state index < -0.39 is 5.92 Å². The summed E-state index contributed by atoms with van der Waals surface area (Å²) >= 11 is 0. The maximum Gasteiger partial charge on any atom is 0.262 e. The molecular weight excluding hydrogens is 389 g/mol. The molecule has 2 aliphatic heterocycles. The van der Waals surface area contributed by atoms with E-state index in [0.717, 1.165) is 5.56 Å². The van der Waals surface area contributed by atoms with Crippen LogP contribution in [0.1, 0.15) is 30.4 Å². The van der Waals surface area contributed by atoms with Gasteiger partial charge in [-0.15, -0.1) is 0 Å². The van der Waals surface area contributed by atoms with Gasteiger partial charge < -0.3 is 20.7 Å². The molecule has 4 rings (SSSR count). The van der Waals surface area contributed by atoms with Crippen molar-refractivity contribution in [1.29, 1.82) is 0 Å². The predicted octanol–water partition coefficient (Wildman–Crippen LogP) is 2.85. The summed E-state index contributed by atoms with van der Waals surface area (Å²) in [6.07, 6.45) is 2.11. The summed E-state index contributed by atoms with van der Waals surface area (Å²) in [5, 5.41) is 8.19. The van der Waals surface area contributed by atoms with E-state index in [1.807, 2.05) is 6.92 Å². The van der Waals surface area contributed by atoms with Crippen LogP contribution in [0.25, 0.3) is 0 Å². The van der Waals surface area contributed by atoms with Gasteiger partial charge in [-0.05, 0) is 41.8 Å². The zero-order chi connectivity index (χ0) is 21.3. The summed E-state index contributed by atoms with van der Waals surface area (Å²) in [4.78, 5) is 36.6. The third-order valence-electron chi connectivity index (χ3n) is 5.16. The average Bonchev–Trinajstić information content (AvgIpc) is 2.73.